The maximum absolute atomic E-state index is 3.92. The normalized spacial score (nSPS) is 10.4. The van der Waals surface area contributed by atoms with E-state index in [2.05, 4.69) is 20.4 Å². The van der Waals surface area contributed by atoms with Crippen molar-refractivity contribution in [1.29, 1.82) is 0 Å². The molecular formula is C14H28. The lowest BCUT2D eigenvalue weighted by atomic mass is 10.1. The van der Waals surface area contributed by atoms with Crippen LogP contribution in [0.5, 0.6) is 0 Å². The van der Waals surface area contributed by atoms with Crippen LogP contribution in [0.25, 0.3) is 0 Å². The Morgan fingerprint density at radius 3 is 1.64 bits per heavy atom. The highest BCUT2D eigenvalue weighted by molar-refractivity contribution is 4.86. The fourth-order valence-corrected chi connectivity index (χ4v) is 1.74. The van der Waals surface area contributed by atoms with Gasteiger partial charge in [-0.25, -0.2) is 0 Å². The van der Waals surface area contributed by atoms with Gasteiger partial charge in [-0.2, -0.15) is 0 Å². The lowest BCUT2D eigenvalue weighted by Crippen LogP contribution is -1.81. The van der Waals surface area contributed by atoms with Crippen molar-refractivity contribution in [2.45, 2.75) is 78.1 Å². The minimum atomic E-state index is 1.23. The molecule has 0 heterocycles. The largest absolute Gasteiger partial charge is 0.100 e. The van der Waals surface area contributed by atoms with Gasteiger partial charge in [0, 0.05) is 0 Å². The van der Waals surface area contributed by atoms with E-state index < -0.39 is 0 Å². The minimum Gasteiger partial charge on any atom is -0.100 e. The van der Waals surface area contributed by atoms with Crippen molar-refractivity contribution in [2.24, 2.45) is 0 Å². The van der Waals surface area contributed by atoms with Crippen LogP contribution >= 0.6 is 0 Å². The van der Waals surface area contributed by atoms with E-state index in [4.69, 9.17) is 0 Å². The summed E-state index contributed by atoms with van der Waals surface area (Å²) in [5, 5.41) is 0. The highest BCUT2D eigenvalue weighted by Gasteiger charge is 1.92. The Labute approximate surface area is 90.8 Å². The molecule has 0 aromatic carbocycles. The van der Waals surface area contributed by atoms with Gasteiger partial charge in [0.1, 0.15) is 0 Å². The molecule has 0 saturated carbocycles. The first-order chi connectivity index (χ1) is 6.77. The Bertz CT molecular complexity index is 124. The molecule has 0 aliphatic carbocycles. The van der Waals surface area contributed by atoms with E-state index in [0.29, 0.717) is 0 Å². The molecule has 0 aliphatic heterocycles. The van der Waals surface area contributed by atoms with Crippen molar-refractivity contribution in [2.75, 3.05) is 0 Å². The second-order valence-corrected chi connectivity index (χ2v) is 4.54. The predicted molar refractivity (Wildman–Crippen MR) is 66.7 cm³/mol. The van der Waals surface area contributed by atoms with E-state index >= 15 is 0 Å². The molecule has 84 valence electrons. The molecule has 0 fully saturated rings. The highest BCUT2D eigenvalue weighted by atomic mass is 14.0. The molecule has 14 heavy (non-hydrogen) atoms. The van der Waals surface area contributed by atoms with Gasteiger partial charge in [0.2, 0.25) is 0 Å². The Morgan fingerprint density at radius 1 is 0.786 bits per heavy atom. The van der Waals surface area contributed by atoms with Crippen molar-refractivity contribution in [1.82, 2.24) is 0 Å². The van der Waals surface area contributed by atoms with E-state index in [0.717, 1.165) is 0 Å². The fourth-order valence-electron chi connectivity index (χ4n) is 1.74. The summed E-state index contributed by atoms with van der Waals surface area (Å²) in [5.74, 6) is 0. The fraction of sp³-hybridized carbons (Fsp3) is 0.857. The zero-order valence-corrected chi connectivity index (χ0v) is 10.3. The second-order valence-electron chi connectivity index (χ2n) is 4.54. The summed E-state index contributed by atoms with van der Waals surface area (Å²) >= 11 is 0. The Hall–Kier alpha value is -0.260. The van der Waals surface area contributed by atoms with Crippen molar-refractivity contribution in [3.8, 4) is 0 Å². The van der Waals surface area contributed by atoms with E-state index in [-0.39, 0.29) is 0 Å². The molecule has 0 rings (SSSR count). The van der Waals surface area contributed by atoms with E-state index in [1.807, 2.05) is 0 Å². The first-order valence-corrected chi connectivity index (χ1v) is 6.41. The molecule has 0 atom stereocenters. The third-order valence-corrected chi connectivity index (χ3v) is 2.71. The summed E-state index contributed by atoms with van der Waals surface area (Å²) < 4.78 is 0. The third-order valence-electron chi connectivity index (χ3n) is 2.71. The zero-order chi connectivity index (χ0) is 10.6. The molecule has 0 aliphatic rings. The molecule has 0 saturated heterocycles. The van der Waals surface area contributed by atoms with Crippen LogP contribution in [-0.2, 0) is 0 Å². The predicted octanol–water partition coefficient (Wildman–Crippen LogP) is 5.48. The van der Waals surface area contributed by atoms with Gasteiger partial charge in [-0.3, -0.25) is 0 Å². The van der Waals surface area contributed by atoms with Crippen molar-refractivity contribution >= 4 is 0 Å². The highest BCUT2D eigenvalue weighted by Crippen LogP contribution is 2.11. The molecule has 0 radical (unpaired) electrons. The van der Waals surface area contributed by atoms with E-state index in [1.54, 1.807) is 0 Å². The number of hydrogen-bond acceptors (Lipinski definition) is 0. The monoisotopic (exact) mass is 196 g/mol. The van der Waals surface area contributed by atoms with Crippen LogP contribution in [-0.4, -0.2) is 0 Å². The molecule has 0 N–H and O–H groups in total. The van der Waals surface area contributed by atoms with Crippen LogP contribution in [0.4, 0.5) is 0 Å². The average molecular weight is 196 g/mol. The number of allylic oxidation sites excluding steroid dienone is 1. The molecule has 0 amide bonds. The van der Waals surface area contributed by atoms with Gasteiger partial charge in [0.25, 0.3) is 0 Å². The second kappa shape index (κ2) is 10.8. The van der Waals surface area contributed by atoms with Crippen LogP contribution in [0, 0.1) is 0 Å². The molecule has 0 unspecified atom stereocenters. The van der Waals surface area contributed by atoms with Crippen molar-refractivity contribution in [3.63, 3.8) is 0 Å². The lowest BCUT2D eigenvalue weighted by Gasteiger charge is -2.01. The summed E-state index contributed by atoms with van der Waals surface area (Å²) in [6, 6.07) is 0. The third kappa shape index (κ3) is 11.7. The Balaban J connectivity index is 2.88. The first kappa shape index (κ1) is 13.7. The van der Waals surface area contributed by atoms with Gasteiger partial charge in [-0.05, 0) is 19.8 Å². The smallest absolute Gasteiger partial charge is 0.0326 e. The summed E-state index contributed by atoms with van der Waals surface area (Å²) in [6.45, 7) is 8.33. The maximum atomic E-state index is 3.92. The van der Waals surface area contributed by atoms with Gasteiger partial charge >= 0.3 is 0 Å². The van der Waals surface area contributed by atoms with E-state index in [1.165, 1.54) is 69.8 Å². The first-order valence-electron chi connectivity index (χ1n) is 6.41. The molecule has 0 aromatic rings. The van der Waals surface area contributed by atoms with Gasteiger partial charge in [0.15, 0.2) is 0 Å². The lowest BCUT2D eigenvalue weighted by molar-refractivity contribution is 0.564. The number of unbranched alkanes of at least 4 members (excludes halogenated alkanes) is 8. The van der Waals surface area contributed by atoms with Gasteiger partial charge < -0.3 is 0 Å². The van der Waals surface area contributed by atoms with Gasteiger partial charge in [-0.1, -0.05) is 63.9 Å². The van der Waals surface area contributed by atoms with Gasteiger partial charge in [-0.15, -0.1) is 6.58 Å². The molecule has 0 nitrogen and oxygen atoms in total. The van der Waals surface area contributed by atoms with Crippen LogP contribution in [0.15, 0.2) is 12.2 Å². The van der Waals surface area contributed by atoms with Crippen LogP contribution in [0.2, 0.25) is 0 Å². The topological polar surface area (TPSA) is 0 Å². The average Bonchev–Trinajstić information content (AvgIpc) is 2.15. The number of rotatable bonds is 10. The maximum Gasteiger partial charge on any atom is -0.0326 e. The Morgan fingerprint density at radius 2 is 1.21 bits per heavy atom. The van der Waals surface area contributed by atoms with Crippen LogP contribution in [0.1, 0.15) is 78.1 Å². The van der Waals surface area contributed by atoms with Crippen molar-refractivity contribution < 1.29 is 0 Å². The SMILES string of the molecule is C=C(C)CCCCCCCCCCC. The molecule has 0 spiro atoms. The molecule has 0 heteroatoms. The summed E-state index contributed by atoms with van der Waals surface area (Å²) in [7, 11) is 0. The summed E-state index contributed by atoms with van der Waals surface area (Å²) in [6.07, 6.45) is 14.0. The zero-order valence-electron chi connectivity index (χ0n) is 10.3. The molecule has 0 aromatic heterocycles. The van der Waals surface area contributed by atoms with Gasteiger partial charge in [0.05, 0.1) is 0 Å². The quantitative estimate of drug-likeness (QED) is 0.320. The number of hydrogen-bond donors (Lipinski definition) is 0. The van der Waals surface area contributed by atoms with Crippen LogP contribution in [0.3, 0.4) is 0 Å². The Kier molecular flexibility index (Phi) is 10.6. The summed E-state index contributed by atoms with van der Waals surface area (Å²) in [5.41, 5.74) is 1.34. The summed E-state index contributed by atoms with van der Waals surface area (Å²) in [4.78, 5) is 0. The van der Waals surface area contributed by atoms with Crippen molar-refractivity contribution in [3.05, 3.63) is 12.2 Å². The standard InChI is InChI=1S/C14H28/c1-4-5-6-7-8-9-10-11-12-13-14(2)3/h2,4-13H2,1,3H3. The molecule has 0 bridgehead atoms. The van der Waals surface area contributed by atoms with E-state index in [9.17, 15) is 0 Å². The molecular weight excluding hydrogens is 168 g/mol. The van der Waals surface area contributed by atoms with Crippen LogP contribution < -0.4 is 0 Å². The minimum absolute atomic E-state index is 1.23.